The number of hydrogen-bond acceptors (Lipinski definition) is 2. The van der Waals surface area contributed by atoms with Crippen LogP contribution in [-0.4, -0.2) is 28.7 Å². The van der Waals surface area contributed by atoms with E-state index >= 15 is 0 Å². The van der Waals surface area contributed by atoms with Crippen molar-refractivity contribution in [3.05, 3.63) is 65.7 Å². The molecule has 122 valence electrons. The summed E-state index contributed by atoms with van der Waals surface area (Å²) in [6.07, 6.45) is 0. The monoisotopic (exact) mass is 385 g/mol. The predicted octanol–water partition coefficient (Wildman–Crippen LogP) is 4.99. The van der Waals surface area contributed by atoms with Crippen molar-refractivity contribution in [2.45, 2.75) is 13.8 Å². The minimum atomic E-state index is 0.270. The Labute approximate surface area is 149 Å². The fourth-order valence-electron chi connectivity index (χ4n) is 2.78. The van der Waals surface area contributed by atoms with E-state index in [4.69, 9.17) is 9.47 Å². The van der Waals surface area contributed by atoms with E-state index in [1.807, 2.05) is 24.3 Å². The third-order valence-corrected chi connectivity index (χ3v) is 7.25. The molecule has 3 rings (SSSR count). The van der Waals surface area contributed by atoms with E-state index in [1.165, 1.54) is 31.1 Å². The summed E-state index contributed by atoms with van der Waals surface area (Å²) >= 11 is 0.270. The van der Waals surface area contributed by atoms with Gasteiger partial charge in [-0.05, 0) is 0 Å². The van der Waals surface area contributed by atoms with Crippen LogP contribution in [0.15, 0.2) is 54.6 Å². The normalized spacial score (nSPS) is 10.5. The molecule has 0 radical (unpaired) electrons. The van der Waals surface area contributed by atoms with Crippen molar-refractivity contribution in [2.75, 3.05) is 14.2 Å². The van der Waals surface area contributed by atoms with E-state index in [1.54, 1.807) is 14.2 Å². The first kappa shape index (κ1) is 16.8. The van der Waals surface area contributed by atoms with Crippen LogP contribution in [0.25, 0.3) is 20.0 Å². The van der Waals surface area contributed by atoms with Gasteiger partial charge in [0.2, 0.25) is 0 Å². The van der Waals surface area contributed by atoms with Crippen molar-refractivity contribution < 1.29 is 9.47 Å². The summed E-state index contributed by atoms with van der Waals surface area (Å²) in [4.78, 5) is 0. The first-order chi connectivity index (χ1) is 11.6. The molecule has 0 fully saturated rings. The Morgan fingerprint density at radius 2 is 1.00 bits per heavy atom. The molecule has 2 aromatic carbocycles. The van der Waals surface area contributed by atoms with Crippen molar-refractivity contribution in [2.24, 2.45) is 0 Å². The molecule has 0 unspecified atom stereocenters. The summed E-state index contributed by atoms with van der Waals surface area (Å²) in [5.41, 5.74) is 5.27. The second-order valence-corrected chi connectivity index (χ2v) is 7.87. The first-order valence-corrected chi connectivity index (χ1v) is 9.57. The van der Waals surface area contributed by atoms with Gasteiger partial charge in [0, 0.05) is 0 Å². The predicted molar refractivity (Wildman–Crippen MR) is 101 cm³/mol. The Hall–Kier alpha value is -2.09. The van der Waals surface area contributed by atoms with Crippen LogP contribution < -0.4 is 9.47 Å². The maximum absolute atomic E-state index is 5.27. The van der Waals surface area contributed by atoms with E-state index in [-0.39, 0.29) is 14.5 Å². The van der Waals surface area contributed by atoms with Crippen LogP contribution in [0.2, 0.25) is 0 Å². The summed E-state index contributed by atoms with van der Waals surface area (Å²) in [6, 6.07) is 19.0. The number of ether oxygens (including phenoxy) is 2. The Morgan fingerprint density at radius 1 is 0.625 bits per heavy atom. The van der Waals surface area contributed by atoms with Crippen molar-refractivity contribution in [3.63, 3.8) is 0 Å². The molecule has 1 heterocycles. The summed E-state index contributed by atoms with van der Waals surface area (Å²) in [5, 5.41) is 0. The Bertz CT molecular complexity index is 768. The molecule has 0 bridgehead atoms. The topological polar surface area (TPSA) is 18.5 Å². The van der Waals surface area contributed by atoms with Crippen LogP contribution >= 0.6 is 0 Å². The zero-order chi connectivity index (χ0) is 17.1. The fourth-order valence-corrected chi connectivity index (χ4v) is 5.19. The maximum atomic E-state index is 5.27. The van der Waals surface area contributed by atoms with Gasteiger partial charge in [0.05, 0.1) is 0 Å². The molecule has 0 saturated carbocycles. The molecular formula is C21H21O2Se+. The molecule has 1 aromatic heterocycles. The number of methoxy groups -OCH3 is 2. The molecule has 0 atom stereocenters. The van der Waals surface area contributed by atoms with E-state index in [9.17, 15) is 0 Å². The van der Waals surface area contributed by atoms with Crippen molar-refractivity contribution in [1.82, 2.24) is 0 Å². The Morgan fingerprint density at radius 3 is 1.33 bits per heavy atom. The SMILES string of the molecule is COc1ccc(-c2[se+]c(-c3ccc(OC)cc3)c(C)cc2C)cc1. The minimum absolute atomic E-state index is 0.270. The zero-order valence-electron chi connectivity index (χ0n) is 14.4. The van der Waals surface area contributed by atoms with Crippen molar-refractivity contribution in [1.29, 1.82) is 0 Å². The summed E-state index contributed by atoms with van der Waals surface area (Å²) < 4.78 is 13.4. The summed E-state index contributed by atoms with van der Waals surface area (Å²) in [7, 11) is 3.40. The van der Waals surface area contributed by atoms with E-state index < -0.39 is 0 Å². The van der Waals surface area contributed by atoms with E-state index in [2.05, 4.69) is 44.2 Å². The van der Waals surface area contributed by atoms with E-state index in [0.717, 1.165) is 11.5 Å². The molecule has 0 amide bonds. The van der Waals surface area contributed by atoms with Crippen LogP contribution in [0.4, 0.5) is 0 Å². The standard InChI is InChI=1S/C21H21O2Se/c1-14-13-15(2)21(17-7-11-19(23-4)12-8-17)24-20(14)16-5-9-18(22-3)10-6-16/h5-13H,1-4H3/q+1. The van der Waals surface area contributed by atoms with Crippen molar-refractivity contribution in [3.8, 4) is 31.5 Å². The van der Waals surface area contributed by atoms with E-state index in [0.29, 0.717) is 0 Å². The molecule has 0 spiro atoms. The number of hydrogen-bond donors (Lipinski definition) is 0. The van der Waals surface area contributed by atoms with Gasteiger partial charge in [0.15, 0.2) is 0 Å². The average molecular weight is 384 g/mol. The molecule has 3 aromatic rings. The third kappa shape index (κ3) is 3.38. The van der Waals surface area contributed by atoms with Gasteiger partial charge < -0.3 is 0 Å². The summed E-state index contributed by atoms with van der Waals surface area (Å²) in [5.74, 6) is 1.79. The molecule has 0 aliphatic rings. The van der Waals surface area contributed by atoms with Gasteiger partial charge in [0.1, 0.15) is 0 Å². The Kier molecular flexibility index (Phi) is 5.03. The van der Waals surface area contributed by atoms with Gasteiger partial charge in [-0.25, -0.2) is 0 Å². The van der Waals surface area contributed by atoms with Gasteiger partial charge in [0.25, 0.3) is 0 Å². The van der Waals surface area contributed by atoms with Crippen LogP contribution in [0.1, 0.15) is 11.1 Å². The second-order valence-electron chi connectivity index (χ2n) is 5.73. The average Bonchev–Trinajstić information content (AvgIpc) is 2.62. The van der Waals surface area contributed by atoms with Crippen LogP contribution in [0, 0.1) is 13.8 Å². The fraction of sp³-hybridized carbons (Fsp3) is 0.190. The third-order valence-electron chi connectivity index (χ3n) is 4.06. The van der Waals surface area contributed by atoms with Crippen LogP contribution in [0.5, 0.6) is 11.5 Å². The molecule has 3 heteroatoms. The molecule has 0 aliphatic carbocycles. The first-order valence-electron chi connectivity index (χ1n) is 7.85. The molecular weight excluding hydrogens is 363 g/mol. The van der Waals surface area contributed by atoms with Gasteiger partial charge >= 0.3 is 149 Å². The quantitative estimate of drug-likeness (QED) is 0.590. The molecule has 0 N–H and O–H groups in total. The molecule has 2 nitrogen and oxygen atoms in total. The van der Waals surface area contributed by atoms with Crippen LogP contribution in [-0.2, 0) is 0 Å². The summed E-state index contributed by atoms with van der Waals surface area (Å²) in [6.45, 7) is 4.41. The van der Waals surface area contributed by atoms with Crippen molar-refractivity contribution >= 4 is 14.5 Å². The van der Waals surface area contributed by atoms with Crippen LogP contribution in [0.3, 0.4) is 0 Å². The van der Waals surface area contributed by atoms with Gasteiger partial charge in [-0.3, -0.25) is 0 Å². The number of aryl methyl sites for hydroxylation is 2. The van der Waals surface area contributed by atoms with Gasteiger partial charge in [-0.2, -0.15) is 0 Å². The molecule has 0 aliphatic heterocycles. The zero-order valence-corrected chi connectivity index (χ0v) is 16.1. The number of rotatable bonds is 4. The molecule has 0 saturated heterocycles. The number of benzene rings is 2. The van der Waals surface area contributed by atoms with Gasteiger partial charge in [-0.1, -0.05) is 0 Å². The van der Waals surface area contributed by atoms with Gasteiger partial charge in [-0.15, -0.1) is 0 Å². The second kappa shape index (κ2) is 7.21. The Balaban J connectivity index is 2.07. The molecule has 24 heavy (non-hydrogen) atoms.